The third kappa shape index (κ3) is 8.39. The number of esters is 1. The van der Waals surface area contributed by atoms with Crippen LogP contribution in [0.2, 0.25) is 0 Å². The van der Waals surface area contributed by atoms with Crippen LogP contribution >= 0.6 is 0 Å². The molecule has 0 aromatic carbocycles. The first kappa shape index (κ1) is 14.4. The Kier molecular flexibility index (Phi) is 9.52. The van der Waals surface area contributed by atoms with Gasteiger partial charge >= 0.3 is 5.97 Å². The Morgan fingerprint density at radius 3 is 2.47 bits per heavy atom. The van der Waals surface area contributed by atoms with Crippen LogP contribution in [0.15, 0.2) is 0 Å². The van der Waals surface area contributed by atoms with Crippen LogP contribution in [0.4, 0.5) is 0 Å². The van der Waals surface area contributed by atoms with E-state index < -0.39 is 0 Å². The zero-order chi connectivity index (χ0) is 11.5. The van der Waals surface area contributed by atoms with Crippen LogP contribution in [0.5, 0.6) is 0 Å². The Bertz CT molecular complexity index is 159. The summed E-state index contributed by atoms with van der Waals surface area (Å²) in [5, 5.41) is 3.31. The fourth-order valence-corrected chi connectivity index (χ4v) is 1.36. The molecule has 0 amide bonds. The largest absolute Gasteiger partial charge is 0.469 e. The predicted octanol–water partition coefficient (Wildman–Crippen LogP) is 0.871. The van der Waals surface area contributed by atoms with E-state index in [9.17, 15) is 4.79 Å². The normalized spacial score (nSPS) is 10.7. The fourth-order valence-electron chi connectivity index (χ4n) is 1.36. The topological polar surface area (TPSA) is 41.6 Å². The zero-order valence-electron chi connectivity index (χ0n) is 10.2. The summed E-state index contributed by atoms with van der Waals surface area (Å²) in [4.78, 5) is 13.2. The molecule has 0 saturated heterocycles. The molecule has 0 aromatic rings. The predicted molar refractivity (Wildman–Crippen MR) is 61.9 cm³/mol. The number of hydrogen-bond acceptors (Lipinski definition) is 4. The molecule has 0 bridgehead atoms. The second-order valence-corrected chi connectivity index (χ2v) is 3.46. The lowest BCUT2D eigenvalue weighted by atomic mass is 10.3. The van der Waals surface area contributed by atoms with Gasteiger partial charge in [0.15, 0.2) is 0 Å². The average molecular weight is 216 g/mol. The van der Waals surface area contributed by atoms with Crippen molar-refractivity contribution in [3.05, 3.63) is 0 Å². The molecular formula is C11H24N2O2. The number of carbonyl (C=O) groups excluding carboxylic acids is 1. The maximum absolute atomic E-state index is 10.8. The van der Waals surface area contributed by atoms with Crippen LogP contribution in [0, 0.1) is 0 Å². The Labute approximate surface area is 93.0 Å². The Morgan fingerprint density at radius 2 is 1.93 bits per heavy atom. The van der Waals surface area contributed by atoms with Crippen LogP contribution in [-0.4, -0.2) is 50.7 Å². The Balaban J connectivity index is 3.21. The second-order valence-electron chi connectivity index (χ2n) is 3.46. The van der Waals surface area contributed by atoms with Gasteiger partial charge in [-0.15, -0.1) is 0 Å². The van der Waals surface area contributed by atoms with E-state index in [1.54, 1.807) is 0 Å². The maximum Gasteiger partial charge on any atom is 0.305 e. The van der Waals surface area contributed by atoms with Crippen molar-refractivity contribution in [1.29, 1.82) is 0 Å². The number of rotatable bonds is 9. The minimum atomic E-state index is -0.124. The molecule has 1 N–H and O–H groups in total. The lowest BCUT2D eigenvalue weighted by molar-refractivity contribution is -0.140. The molecule has 15 heavy (non-hydrogen) atoms. The summed E-state index contributed by atoms with van der Waals surface area (Å²) in [6.07, 6.45) is 1.36. The third-order valence-corrected chi connectivity index (χ3v) is 2.46. The summed E-state index contributed by atoms with van der Waals surface area (Å²) >= 11 is 0. The van der Waals surface area contributed by atoms with Gasteiger partial charge in [-0.1, -0.05) is 13.8 Å². The molecule has 0 spiro atoms. The van der Waals surface area contributed by atoms with Crippen molar-refractivity contribution in [2.75, 3.05) is 39.8 Å². The van der Waals surface area contributed by atoms with Crippen molar-refractivity contribution in [1.82, 2.24) is 10.2 Å². The first-order valence-corrected chi connectivity index (χ1v) is 5.74. The monoisotopic (exact) mass is 216 g/mol. The minimum Gasteiger partial charge on any atom is -0.469 e. The number of ether oxygens (including phenoxy) is 1. The summed E-state index contributed by atoms with van der Waals surface area (Å²) < 4.78 is 4.55. The average Bonchev–Trinajstić information content (AvgIpc) is 2.28. The maximum atomic E-state index is 10.8. The van der Waals surface area contributed by atoms with Gasteiger partial charge < -0.3 is 15.0 Å². The van der Waals surface area contributed by atoms with Crippen molar-refractivity contribution in [3.63, 3.8) is 0 Å². The van der Waals surface area contributed by atoms with Crippen LogP contribution in [0.3, 0.4) is 0 Å². The number of methoxy groups -OCH3 is 1. The van der Waals surface area contributed by atoms with Crippen LogP contribution < -0.4 is 5.32 Å². The summed E-state index contributed by atoms with van der Waals surface area (Å²) in [5.41, 5.74) is 0. The van der Waals surface area contributed by atoms with E-state index >= 15 is 0 Å². The molecule has 90 valence electrons. The van der Waals surface area contributed by atoms with E-state index in [4.69, 9.17) is 0 Å². The Morgan fingerprint density at radius 1 is 1.27 bits per heavy atom. The number of carbonyl (C=O) groups is 1. The molecule has 0 unspecified atom stereocenters. The molecule has 0 radical (unpaired) electrons. The molecule has 0 fully saturated rings. The smallest absolute Gasteiger partial charge is 0.305 e. The molecule has 0 saturated carbocycles. The summed E-state index contributed by atoms with van der Waals surface area (Å²) in [7, 11) is 1.43. The number of nitrogens with one attached hydrogen (secondary N) is 1. The quantitative estimate of drug-likeness (QED) is 0.459. The first-order valence-electron chi connectivity index (χ1n) is 5.74. The zero-order valence-corrected chi connectivity index (χ0v) is 10.2. The SMILES string of the molecule is CCN(CC)CCNCCCC(=O)OC. The van der Waals surface area contributed by atoms with Crippen molar-refractivity contribution in [3.8, 4) is 0 Å². The summed E-state index contributed by atoms with van der Waals surface area (Å²) in [6.45, 7) is 9.48. The van der Waals surface area contributed by atoms with E-state index in [0.29, 0.717) is 6.42 Å². The number of hydrogen-bond donors (Lipinski definition) is 1. The fraction of sp³-hybridized carbons (Fsp3) is 0.909. The van der Waals surface area contributed by atoms with Crippen molar-refractivity contribution >= 4 is 5.97 Å². The molecular weight excluding hydrogens is 192 g/mol. The number of likely N-dealkylation sites (N-methyl/N-ethyl adjacent to an activating group) is 1. The lowest BCUT2D eigenvalue weighted by Crippen LogP contribution is -2.32. The highest BCUT2D eigenvalue weighted by atomic mass is 16.5. The van der Waals surface area contributed by atoms with Gasteiger partial charge in [-0.2, -0.15) is 0 Å². The van der Waals surface area contributed by atoms with Gasteiger partial charge in [0.2, 0.25) is 0 Å². The van der Waals surface area contributed by atoms with E-state index in [-0.39, 0.29) is 5.97 Å². The molecule has 0 atom stereocenters. The summed E-state index contributed by atoms with van der Waals surface area (Å²) in [6, 6.07) is 0. The standard InChI is InChI=1S/C11H24N2O2/c1-4-13(5-2)10-9-12-8-6-7-11(14)15-3/h12H,4-10H2,1-3H3. The highest BCUT2D eigenvalue weighted by molar-refractivity contribution is 5.68. The Hall–Kier alpha value is -0.610. The van der Waals surface area contributed by atoms with E-state index in [1.165, 1.54) is 7.11 Å². The van der Waals surface area contributed by atoms with Crippen molar-refractivity contribution in [2.45, 2.75) is 26.7 Å². The highest BCUT2D eigenvalue weighted by Gasteiger charge is 2.00. The molecule has 0 heterocycles. The molecule has 4 heteroatoms. The molecule has 4 nitrogen and oxygen atoms in total. The van der Waals surface area contributed by atoms with Crippen LogP contribution in [-0.2, 0) is 9.53 Å². The van der Waals surface area contributed by atoms with Crippen molar-refractivity contribution < 1.29 is 9.53 Å². The molecule has 0 aliphatic rings. The van der Waals surface area contributed by atoms with Gasteiger partial charge in [0.25, 0.3) is 0 Å². The van der Waals surface area contributed by atoms with Gasteiger partial charge in [-0.05, 0) is 26.1 Å². The molecule has 0 aliphatic heterocycles. The third-order valence-electron chi connectivity index (χ3n) is 2.46. The van der Waals surface area contributed by atoms with Gasteiger partial charge in [-0.25, -0.2) is 0 Å². The van der Waals surface area contributed by atoms with Gasteiger partial charge in [0.05, 0.1) is 7.11 Å². The molecule has 0 aliphatic carbocycles. The van der Waals surface area contributed by atoms with Gasteiger partial charge in [0, 0.05) is 19.5 Å². The van der Waals surface area contributed by atoms with Crippen molar-refractivity contribution in [2.24, 2.45) is 0 Å². The first-order chi connectivity index (χ1) is 7.24. The van der Waals surface area contributed by atoms with Crippen LogP contribution in [0.25, 0.3) is 0 Å². The summed E-state index contributed by atoms with van der Waals surface area (Å²) in [5.74, 6) is -0.124. The lowest BCUT2D eigenvalue weighted by Gasteiger charge is -2.17. The highest BCUT2D eigenvalue weighted by Crippen LogP contribution is 1.90. The van der Waals surface area contributed by atoms with Crippen LogP contribution in [0.1, 0.15) is 26.7 Å². The van der Waals surface area contributed by atoms with E-state index in [0.717, 1.165) is 39.1 Å². The molecule has 0 aromatic heterocycles. The number of nitrogens with zero attached hydrogens (tertiary/aromatic N) is 1. The second kappa shape index (κ2) is 9.93. The van der Waals surface area contributed by atoms with Gasteiger partial charge in [-0.3, -0.25) is 4.79 Å². The molecule has 0 rings (SSSR count). The minimum absolute atomic E-state index is 0.124. The van der Waals surface area contributed by atoms with Gasteiger partial charge in [0.1, 0.15) is 0 Å². The van der Waals surface area contributed by atoms with E-state index in [2.05, 4.69) is 28.8 Å². The van der Waals surface area contributed by atoms with E-state index in [1.807, 2.05) is 0 Å².